The van der Waals surface area contributed by atoms with Crippen molar-refractivity contribution in [3.05, 3.63) is 53.9 Å². The number of methoxy groups -OCH3 is 2. The van der Waals surface area contributed by atoms with Crippen LogP contribution in [0, 0.1) is 18.8 Å². The van der Waals surface area contributed by atoms with E-state index in [0.717, 1.165) is 31.5 Å². The van der Waals surface area contributed by atoms with Gasteiger partial charge in [0.25, 0.3) is 0 Å². The number of piperidine rings is 1. The number of ether oxygens (including phenoxy) is 2. The van der Waals surface area contributed by atoms with Crippen LogP contribution in [0.15, 0.2) is 47.0 Å². The van der Waals surface area contributed by atoms with Crippen molar-refractivity contribution in [3.63, 3.8) is 0 Å². The van der Waals surface area contributed by atoms with Crippen LogP contribution < -0.4 is 14.4 Å². The molecule has 36 heavy (non-hydrogen) atoms. The molecule has 8 heteroatoms. The first kappa shape index (κ1) is 25.5. The molecule has 192 valence electrons. The van der Waals surface area contributed by atoms with Crippen LogP contribution >= 0.6 is 0 Å². The average molecular weight is 493 g/mol. The number of carbonyl (C=O) groups is 1. The van der Waals surface area contributed by atoms with Crippen molar-refractivity contribution >= 4 is 11.6 Å². The highest BCUT2D eigenvalue weighted by Gasteiger charge is 2.31. The Hall–Kier alpha value is -3.55. The van der Waals surface area contributed by atoms with E-state index in [1.807, 2.05) is 23.1 Å². The van der Waals surface area contributed by atoms with Gasteiger partial charge >= 0.3 is 0 Å². The number of rotatable bonds is 9. The number of hydrogen-bond donors (Lipinski definition) is 0. The molecule has 0 bridgehead atoms. The molecule has 1 aliphatic heterocycles. The summed E-state index contributed by atoms with van der Waals surface area (Å²) in [4.78, 5) is 22.5. The Morgan fingerprint density at radius 3 is 2.58 bits per heavy atom. The van der Waals surface area contributed by atoms with Crippen LogP contribution in [-0.2, 0) is 11.3 Å². The second kappa shape index (κ2) is 11.5. The average Bonchev–Trinajstić information content (AvgIpc) is 3.36. The summed E-state index contributed by atoms with van der Waals surface area (Å²) in [5.74, 6) is 2.49. The molecule has 0 saturated carbocycles. The quantitative estimate of drug-likeness (QED) is 0.417. The number of hydrogen-bond acceptors (Lipinski definition) is 7. The summed E-state index contributed by atoms with van der Waals surface area (Å²) in [7, 11) is 3.18. The van der Waals surface area contributed by atoms with E-state index in [1.165, 1.54) is 11.3 Å². The molecule has 8 nitrogen and oxygen atoms in total. The van der Waals surface area contributed by atoms with Crippen LogP contribution in [0.25, 0.3) is 11.4 Å². The number of nitrogens with zero attached hydrogens (tertiary/aromatic N) is 4. The summed E-state index contributed by atoms with van der Waals surface area (Å²) in [5.41, 5.74) is 3.16. The van der Waals surface area contributed by atoms with Crippen LogP contribution in [0.2, 0.25) is 0 Å². The minimum absolute atomic E-state index is 0.0629. The smallest absolute Gasteiger partial charge is 0.246 e. The van der Waals surface area contributed by atoms with Crippen LogP contribution in [0.1, 0.15) is 38.1 Å². The SMILES string of the molecule is COc1ccc(-c2noc(CN(CC(C)C)C(=O)C3CCCN(c4ccc(C)cc4)C3)n2)cc1OC. The Kier molecular flexibility index (Phi) is 8.13. The molecule has 1 saturated heterocycles. The third-order valence-electron chi connectivity index (χ3n) is 6.50. The van der Waals surface area contributed by atoms with Crippen molar-refractivity contribution in [2.75, 3.05) is 38.8 Å². The first-order chi connectivity index (χ1) is 17.4. The zero-order valence-corrected chi connectivity index (χ0v) is 21.9. The molecule has 1 fully saturated rings. The van der Waals surface area contributed by atoms with Crippen molar-refractivity contribution in [1.29, 1.82) is 0 Å². The molecule has 0 N–H and O–H groups in total. The van der Waals surface area contributed by atoms with E-state index in [9.17, 15) is 4.79 Å². The molecule has 2 heterocycles. The molecule has 0 spiro atoms. The van der Waals surface area contributed by atoms with Crippen molar-refractivity contribution < 1.29 is 18.8 Å². The molecule has 1 aliphatic rings. The Bertz CT molecular complexity index is 1160. The van der Waals surface area contributed by atoms with Gasteiger partial charge in [0, 0.05) is 30.9 Å². The molecule has 1 aromatic heterocycles. The monoisotopic (exact) mass is 492 g/mol. The molecule has 4 rings (SSSR count). The molecule has 1 atom stereocenters. The van der Waals surface area contributed by atoms with Gasteiger partial charge in [-0.15, -0.1) is 0 Å². The van der Waals surface area contributed by atoms with Gasteiger partial charge in [0.15, 0.2) is 11.5 Å². The summed E-state index contributed by atoms with van der Waals surface area (Å²) in [6, 6.07) is 14.0. The number of amides is 1. The van der Waals surface area contributed by atoms with E-state index in [4.69, 9.17) is 14.0 Å². The number of anilines is 1. The van der Waals surface area contributed by atoms with Crippen LogP contribution in [-0.4, -0.2) is 54.8 Å². The van der Waals surface area contributed by atoms with Crippen molar-refractivity contribution in [3.8, 4) is 22.9 Å². The summed E-state index contributed by atoms with van der Waals surface area (Å²) in [6.45, 7) is 8.92. The number of aryl methyl sites for hydroxylation is 1. The normalized spacial score (nSPS) is 15.7. The van der Waals surface area contributed by atoms with Gasteiger partial charge in [-0.05, 0) is 56.0 Å². The highest BCUT2D eigenvalue weighted by molar-refractivity contribution is 5.80. The predicted molar refractivity (Wildman–Crippen MR) is 139 cm³/mol. The lowest BCUT2D eigenvalue weighted by Gasteiger charge is -2.36. The summed E-state index contributed by atoms with van der Waals surface area (Å²) < 4.78 is 16.3. The first-order valence-corrected chi connectivity index (χ1v) is 12.5. The fraction of sp³-hybridized carbons (Fsp3) is 0.464. The summed E-state index contributed by atoms with van der Waals surface area (Å²) in [5, 5.41) is 4.15. The maximum absolute atomic E-state index is 13.7. The van der Waals surface area contributed by atoms with Gasteiger partial charge in [0.2, 0.25) is 17.6 Å². The second-order valence-electron chi connectivity index (χ2n) is 9.81. The van der Waals surface area contributed by atoms with Gasteiger partial charge < -0.3 is 23.8 Å². The minimum atomic E-state index is -0.0629. The Morgan fingerprint density at radius 2 is 1.89 bits per heavy atom. The Balaban J connectivity index is 1.48. The Morgan fingerprint density at radius 1 is 1.14 bits per heavy atom. The summed E-state index contributed by atoms with van der Waals surface area (Å²) >= 11 is 0. The summed E-state index contributed by atoms with van der Waals surface area (Å²) in [6.07, 6.45) is 1.88. The van der Waals surface area contributed by atoms with Crippen LogP contribution in [0.4, 0.5) is 5.69 Å². The van der Waals surface area contributed by atoms with Gasteiger partial charge in [0.05, 0.1) is 20.1 Å². The third kappa shape index (κ3) is 5.98. The molecule has 3 aromatic rings. The van der Waals surface area contributed by atoms with Crippen molar-refractivity contribution in [2.24, 2.45) is 11.8 Å². The van der Waals surface area contributed by atoms with Crippen LogP contribution in [0.5, 0.6) is 11.5 Å². The van der Waals surface area contributed by atoms with E-state index in [1.54, 1.807) is 14.2 Å². The van der Waals surface area contributed by atoms with E-state index in [2.05, 4.69) is 60.1 Å². The fourth-order valence-corrected chi connectivity index (χ4v) is 4.68. The lowest BCUT2D eigenvalue weighted by molar-refractivity contribution is -0.137. The van der Waals surface area contributed by atoms with Crippen molar-refractivity contribution in [2.45, 2.75) is 40.2 Å². The molecule has 2 aromatic carbocycles. The second-order valence-corrected chi connectivity index (χ2v) is 9.81. The standard InChI is InChI=1S/C28H36N4O4/c1-19(2)16-32(28(33)22-7-6-14-31(17-22)23-11-8-20(3)9-12-23)18-26-29-27(30-36-26)21-10-13-24(34-4)25(15-21)35-5/h8-13,15,19,22H,6-7,14,16-18H2,1-5H3. The molecule has 1 unspecified atom stereocenters. The molecule has 1 amide bonds. The first-order valence-electron chi connectivity index (χ1n) is 12.5. The maximum atomic E-state index is 13.7. The molecular formula is C28H36N4O4. The highest BCUT2D eigenvalue weighted by atomic mass is 16.5. The minimum Gasteiger partial charge on any atom is -0.493 e. The van der Waals surface area contributed by atoms with Gasteiger partial charge in [0.1, 0.15) is 6.54 Å². The molecule has 0 radical (unpaired) electrons. The van der Waals surface area contributed by atoms with Gasteiger partial charge in [-0.25, -0.2) is 0 Å². The number of aromatic nitrogens is 2. The third-order valence-corrected chi connectivity index (χ3v) is 6.50. The van der Waals surface area contributed by atoms with E-state index < -0.39 is 0 Å². The fourth-order valence-electron chi connectivity index (χ4n) is 4.68. The van der Waals surface area contributed by atoms with Crippen LogP contribution in [0.3, 0.4) is 0 Å². The van der Waals surface area contributed by atoms with Gasteiger partial charge in [-0.3, -0.25) is 4.79 Å². The zero-order chi connectivity index (χ0) is 25.7. The van der Waals surface area contributed by atoms with E-state index in [-0.39, 0.29) is 11.8 Å². The Labute approximate surface area is 213 Å². The van der Waals surface area contributed by atoms with Gasteiger partial charge in [-0.1, -0.05) is 36.7 Å². The lowest BCUT2D eigenvalue weighted by Crippen LogP contribution is -2.45. The zero-order valence-electron chi connectivity index (χ0n) is 21.9. The lowest BCUT2D eigenvalue weighted by atomic mass is 9.95. The topological polar surface area (TPSA) is 80.9 Å². The maximum Gasteiger partial charge on any atom is 0.246 e. The van der Waals surface area contributed by atoms with E-state index >= 15 is 0 Å². The molecular weight excluding hydrogens is 456 g/mol. The number of benzene rings is 2. The molecule has 0 aliphatic carbocycles. The van der Waals surface area contributed by atoms with Crippen molar-refractivity contribution in [1.82, 2.24) is 15.0 Å². The largest absolute Gasteiger partial charge is 0.493 e. The van der Waals surface area contributed by atoms with E-state index in [0.29, 0.717) is 42.2 Å². The van der Waals surface area contributed by atoms with Gasteiger partial charge in [-0.2, -0.15) is 4.98 Å². The highest BCUT2D eigenvalue weighted by Crippen LogP contribution is 2.31. The predicted octanol–water partition coefficient (Wildman–Crippen LogP) is 4.96. The number of carbonyl (C=O) groups excluding carboxylic acids is 1.